The van der Waals surface area contributed by atoms with Crippen molar-refractivity contribution in [2.45, 2.75) is 6.18 Å². The van der Waals surface area contributed by atoms with Gasteiger partial charge in [-0.15, -0.1) is 21.5 Å². The first-order chi connectivity index (χ1) is 14.5. The highest BCUT2D eigenvalue weighted by Crippen LogP contribution is 2.41. The Morgan fingerprint density at radius 3 is 2.17 bits per heavy atom. The van der Waals surface area contributed by atoms with Gasteiger partial charge in [-0.05, 0) is 46.5 Å². The average Bonchev–Trinajstić information content (AvgIpc) is 3.27. The van der Waals surface area contributed by atoms with Crippen molar-refractivity contribution in [1.82, 2.24) is 10.2 Å². The molecule has 0 saturated heterocycles. The molecule has 148 valence electrons. The number of hydrogen-bond donors (Lipinski definition) is 0. The number of fused-ring (bicyclic) bond motifs is 2. The molecule has 5 aromatic rings. The van der Waals surface area contributed by atoms with E-state index in [1.807, 2.05) is 53.9 Å². The van der Waals surface area contributed by atoms with E-state index in [0.29, 0.717) is 11.1 Å². The Morgan fingerprint density at radius 2 is 1.47 bits per heavy atom. The molecule has 0 aliphatic rings. The zero-order chi connectivity index (χ0) is 20.7. The van der Waals surface area contributed by atoms with Crippen molar-refractivity contribution in [3.8, 4) is 22.2 Å². The van der Waals surface area contributed by atoms with Gasteiger partial charge in [0.05, 0.1) is 10.4 Å². The first-order valence-electron chi connectivity index (χ1n) is 9.08. The first kappa shape index (κ1) is 18.6. The highest BCUT2D eigenvalue weighted by molar-refractivity contribution is 7.13. The van der Waals surface area contributed by atoms with Gasteiger partial charge >= 0.3 is 6.18 Å². The van der Waals surface area contributed by atoms with Crippen LogP contribution in [0.25, 0.3) is 32.1 Å². The molecule has 0 atom stereocenters. The van der Waals surface area contributed by atoms with Crippen LogP contribution in [0.15, 0.2) is 78.2 Å². The zero-order valence-corrected chi connectivity index (χ0v) is 16.2. The van der Waals surface area contributed by atoms with Crippen LogP contribution in [-0.2, 0) is 6.18 Å². The molecule has 0 radical (unpaired) electrons. The molecule has 0 aliphatic carbocycles. The zero-order valence-electron chi connectivity index (χ0n) is 15.4. The summed E-state index contributed by atoms with van der Waals surface area (Å²) >= 11 is 1.52. The van der Waals surface area contributed by atoms with Gasteiger partial charge in [0.1, 0.15) is 11.4 Å². The molecule has 0 spiro atoms. The third-order valence-corrected chi connectivity index (χ3v) is 5.64. The van der Waals surface area contributed by atoms with E-state index in [-0.39, 0.29) is 11.6 Å². The lowest BCUT2D eigenvalue weighted by Gasteiger charge is -2.15. The van der Waals surface area contributed by atoms with Crippen LogP contribution in [0, 0.1) is 0 Å². The fraction of sp³-hybridized carbons (Fsp3) is 0.0435. The van der Waals surface area contributed by atoms with Gasteiger partial charge < -0.3 is 4.74 Å². The second kappa shape index (κ2) is 7.11. The smallest absolute Gasteiger partial charge is 0.419 e. The first-order valence-corrected chi connectivity index (χ1v) is 9.96. The van der Waals surface area contributed by atoms with E-state index >= 15 is 0 Å². The third kappa shape index (κ3) is 3.27. The molecule has 2 heterocycles. The monoisotopic (exact) mass is 422 g/mol. The molecule has 0 aliphatic heterocycles. The number of hydrogen-bond acceptors (Lipinski definition) is 4. The predicted octanol–water partition coefficient (Wildman–Crippen LogP) is 7.32. The molecule has 0 amide bonds. The predicted molar refractivity (Wildman–Crippen MR) is 112 cm³/mol. The van der Waals surface area contributed by atoms with Crippen LogP contribution in [0.4, 0.5) is 13.2 Å². The molecular formula is C23H13F3N2OS. The number of benzene rings is 3. The van der Waals surface area contributed by atoms with Crippen molar-refractivity contribution in [1.29, 1.82) is 0 Å². The summed E-state index contributed by atoms with van der Waals surface area (Å²) in [7, 11) is 0. The molecule has 7 heteroatoms. The highest BCUT2D eigenvalue weighted by atomic mass is 32.1. The lowest BCUT2D eigenvalue weighted by molar-refractivity contribution is -0.138. The van der Waals surface area contributed by atoms with Gasteiger partial charge in [-0.25, -0.2) is 0 Å². The molecule has 2 aromatic heterocycles. The van der Waals surface area contributed by atoms with Gasteiger partial charge in [-0.1, -0.05) is 42.5 Å². The van der Waals surface area contributed by atoms with Crippen LogP contribution in [0.2, 0.25) is 0 Å². The largest absolute Gasteiger partial charge is 0.436 e. The summed E-state index contributed by atoms with van der Waals surface area (Å²) in [4.78, 5) is 0.921. The molecule has 30 heavy (non-hydrogen) atoms. The van der Waals surface area contributed by atoms with Crippen LogP contribution < -0.4 is 4.74 Å². The van der Waals surface area contributed by atoms with E-state index in [9.17, 15) is 13.2 Å². The van der Waals surface area contributed by atoms with Gasteiger partial charge in [0.25, 0.3) is 0 Å². The van der Waals surface area contributed by atoms with Gasteiger partial charge in [-0.3, -0.25) is 0 Å². The maximum absolute atomic E-state index is 13.4. The summed E-state index contributed by atoms with van der Waals surface area (Å²) < 4.78 is 45.9. The molecule has 5 rings (SSSR count). The van der Waals surface area contributed by atoms with Gasteiger partial charge in [-0.2, -0.15) is 13.2 Å². The Kier molecular flexibility index (Phi) is 4.40. The van der Waals surface area contributed by atoms with E-state index in [1.165, 1.54) is 29.5 Å². The van der Waals surface area contributed by atoms with Crippen LogP contribution in [0.3, 0.4) is 0 Å². The van der Waals surface area contributed by atoms with Crippen LogP contribution in [-0.4, -0.2) is 10.2 Å². The summed E-state index contributed by atoms with van der Waals surface area (Å²) in [5, 5.41) is 13.7. The van der Waals surface area contributed by atoms with Crippen LogP contribution in [0.1, 0.15) is 5.56 Å². The Balaban J connectivity index is 1.74. The minimum Gasteiger partial charge on any atom is -0.436 e. The quantitative estimate of drug-likeness (QED) is 0.286. The van der Waals surface area contributed by atoms with Crippen molar-refractivity contribution in [2.24, 2.45) is 0 Å². The third-order valence-electron chi connectivity index (χ3n) is 4.77. The number of aromatic nitrogens is 2. The molecular weight excluding hydrogens is 409 g/mol. The summed E-state index contributed by atoms with van der Waals surface area (Å²) in [6.07, 6.45) is -4.54. The Bertz CT molecular complexity index is 1360. The minimum atomic E-state index is -4.54. The Morgan fingerprint density at radius 1 is 0.767 bits per heavy atom. The number of para-hydroxylation sites is 1. The number of rotatable bonds is 3. The van der Waals surface area contributed by atoms with Gasteiger partial charge in [0, 0.05) is 10.8 Å². The maximum atomic E-state index is 13.4. The number of halogens is 3. The van der Waals surface area contributed by atoms with Crippen molar-refractivity contribution in [3.63, 3.8) is 0 Å². The van der Waals surface area contributed by atoms with E-state index < -0.39 is 11.7 Å². The number of thiophene rings is 1. The van der Waals surface area contributed by atoms with Crippen molar-refractivity contribution >= 4 is 32.9 Å². The van der Waals surface area contributed by atoms with E-state index in [1.54, 1.807) is 0 Å². The average molecular weight is 422 g/mol. The number of alkyl halides is 3. The molecule has 0 unspecified atom stereocenters. The van der Waals surface area contributed by atoms with E-state index in [4.69, 9.17) is 4.74 Å². The molecule has 0 saturated carbocycles. The second-order valence-corrected chi connectivity index (χ2v) is 7.62. The lowest BCUT2D eigenvalue weighted by Crippen LogP contribution is -2.07. The maximum Gasteiger partial charge on any atom is 0.419 e. The second-order valence-electron chi connectivity index (χ2n) is 6.67. The van der Waals surface area contributed by atoms with Crippen molar-refractivity contribution in [2.75, 3.05) is 0 Å². The van der Waals surface area contributed by atoms with E-state index in [2.05, 4.69) is 10.2 Å². The Hall–Kier alpha value is -3.45. The van der Waals surface area contributed by atoms with Crippen LogP contribution in [0.5, 0.6) is 11.6 Å². The number of ether oxygens (including phenoxy) is 1. The summed E-state index contributed by atoms with van der Waals surface area (Å²) in [5.41, 5.74) is -0.190. The normalized spacial score (nSPS) is 11.8. The van der Waals surface area contributed by atoms with Crippen molar-refractivity contribution in [3.05, 3.63) is 83.7 Å². The fourth-order valence-electron chi connectivity index (χ4n) is 3.38. The van der Waals surface area contributed by atoms with Gasteiger partial charge in [0.2, 0.25) is 5.88 Å². The van der Waals surface area contributed by atoms with Gasteiger partial charge in [0.15, 0.2) is 0 Å². The lowest BCUT2D eigenvalue weighted by atomic mass is 10.0. The topological polar surface area (TPSA) is 35.0 Å². The minimum absolute atomic E-state index is 0.0350. The highest BCUT2D eigenvalue weighted by Gasteiger charge is 2.34. The summed E-state index contributed by atoms with van der Waals surface area (Å²) in [6.45, 7) is 0. The standard InChI is InChI=1S/C23H13F3N2OS/c24-23(25,26)18-8-3-4-9-19(18)29-22-17-13-15-7-2-1-6-14(15)12-16(17)21(27-28-22)20-10-5-11-30-20/h1-13H. The Labute approximate surface area is 173 Å². The fourth-order valence-corrected chi connectivity index (χ4v) is 4.10. The molecule has 3 aromatic carbocycles. The van der Waals surface area contributed by atoms with E-state index in [0.717, 1.165) is 27.1 Å². The summed E-state index contributed by atoms with van der Waals surface area (Å²) in [6, 6.07) is 20.5. The molecule has 0 fully saturated rings. The number of nitrogens with zero attached hydrogens (tertiary/aromatic N) is 2. The molecule has 3 nitrogen and oxygen atoms in total. The molecule has 0 N–H and O–H groups in total. The summed E-state index contributed by atoms with van der Waals surface area (Å²) in [5.74, 6) is -0.273. The van der Waals surface area contributed by atoms with Crippen molar-refractivity contribution < 1.29 is 17.9 Å². The van der Waals surface area contributed by atoms with Crippen LogP contribution >= 0.6 is 11.3 Å². The SMILES string of the molecule is FC(F)(F)c1ccccc1Oc1nnc(-c2cccs2)c2cc3ccccc3cc12. The molecule has 0 bridgehead atoms.